The van der Waals surface area contributed by atoms with Crippen LogP contribution in [0.2, 0.25) is 0 Å². The number of rotatable bonds is 4. The van der Waals surface area contributed by atoms with E-state index in [1.807, 2.05) is 54.6 Å². The molecule has 0 fully saturated rings. The summed E-state index contributed by atoms with van der Waals surface area (Å²) in [6, 6.07) is 17.4. The van der Waals surface area contributed by atoms with Crippen LogP contribution in [0, 0.1) is 0 Å². The molecule has 142 valence electrons. The molecule has 9 heteroatoms. The number of fused-ring (bicyclic) bond motifs is 1. The minimum Gasteiger partial charge on any atom is -0.402 e. The molecular formula is C20H14N6O2S. The third-order valence-corrected chi connectivity index (χ3v) is 5.08. The normalized spacial score (nSPS) is 15.8. The predicted octanol–water partition coefficient (Wildman–Crippen LogP) is 3.42. The summed E-state index contributed by atoms with van der Waals surface area (Å²) in [7, 11) is 0. The van der Waals surface area contributed by atoms with Crippen LogP contribution in [0.4, 0.5) is 11.7 Å². The molecule has 0 aliphatic carbocycles. The highest BCUT2D eigenvalue weighted by molar-refractivity contribution is 7.13. The summed E-state index contributed by atoms with van der Waals surface area (Å²) in [6.45, 7) is 0. The Morgan fingerprint density at radius 2 is 1.86 bits per heavy atom. The zero-order valence-electron chi connectivity index (χ0n) is 14.9. The Hall–Kier alpha value is -3.85. The van der Waals surface area contributed by atoms with Crippen LogP contribution in [0.3, 0.4) is 0 Å². The lowest BCUT2D eigenvalue weighted by molar-refractivity contribution is -0.116. The standard InChI is InChI=1S/C20H14N6O2S/c27-18-17(24-20-26-25-19(28-20)15-10-21-11-29-15)23-16(12-6-2-1-3-7-12)13-8-4-5-9-14(13)22-18/h1-11,17H,(H,22,27)(H,24,26). The van der Waals surface area contributed by atoms with Gasteiger partial charge in [-0.2, -0.15) is 0 Å². The molecule has 2 aromatic heterocycles. The first kappa shape index (κ1) is 17.3. The van der Waals surface area contributed by atoms with Crippen LogP contribution in [0.15, 0.2) is 75.7 Å². The average Bonchev–Trinajstić information content (AvgIpc) is 3.42. The number of nitrogens with zero attached hydrogens (tertiary/aromatic N) is 4. The molecule has 0 spiro atoms. The smallest absolute Gasteiger partial charge is 0.317 e. The monoisotopic (exact) mass is 402 g/mol. The Morgan fingerprint density at radius 1 is 1.03 bits per heavy atom. The van der Waals surface area contributed by atoms with Gasteiger partial charge in [-0.25, -0.2) is 4.99 Å². The van der Waals surface area contributed by atoms with Crippen LogP contribution in [-0.2, 0) is 4.79 Å². The second kappa shape index (κ2) is 7.28. The number of anilines is 2. The zero-order chi connectivity index (χ0) is 19.6. The summed E-state index contributed by atoms with van der Waals surface area (Å²) in [6.07, 6.45) is 0.704. The van der Waals surface area contributed by atoms with Crippen molar-refractivity contribution < 1.29 is 9.21 Å². The van der Waals surface area contributed by atoms with Crippen LogP contribution in [0.1, 0.15) is 11.1 Å². The Morgan fingerprint density at radius 3 is 2.69 bits per heavy atom. The molecule has 0 saturated heterocycles. The minimum atomic E-state index is -0.938. The number of benzene rings is 2. The van der Waals surface area contributed by atoms with Gasteiger partial charge in [0.15, 0.2) is 0 Å². The maximum atomic E-state index is 12.8. The maximum absolute atomic E-state index is 12.8. The number of carbonyl (C=O) groups is 1. The first-order chi connectivity index (χ1) is 14.3. The van der Waals surface area contributed by atoms with Gasteiger partial charge in [-0.3, -0.25) is 9.78 Å². The second-order valence-electron chi connectivity index (χ2n) is 6.20. The number of aliphatic imine (C=N–C) groups is 1. The molecular weight excluding hydrogens is 388 g/mol. The van der Waals surface area contributed by atoms with Crippen LogP contribution in [0.5, 0.6) is 0 Å². The first-order valence-corrected chi connectivity index (χ1v) is 9.68. The fraction of sp³-hybridized carbons (Fsp3) is 0.0500. The van der Waals surface area contributed by atoms with E-state index in [0.717, 1.165) is 16.0 Å². The molecule has 1 aliphatic heterocycles. The zero-order valence-corrected chi connectivity index (χ0v) is 15.8. The molecule has 8 nitrogen and oxygen atoms in total. The number of aromatic nitrogens is 3. The van der Waals surface area contributed by atoms with Crippen LogP contribution in [-0.4, -0.2) is 33.0 Å². The lowest BCUT2D eigenvalue weighted by Crippen LogP contribution is -2.32. The number of para-hydroxylation sites is 1. The van der Waals surface area contributed by atoms with E-state index in [2.05, 4.69) is 25.8 Å². The predicted molar refractivity (Wildman–Crippen MR) is 110 cm³/mol. The largest absolute Gasteiger partial charge is 0.402 e. The van der Waals surface area contributed by atoms with Gasteiger partial charge in [-0.05, 0) is 6.07 Å². The molecule has 0 bridgehead atoms. The van der Waals surface area contributed by atoms with Crippen molar-refractivity contribution in [2.45, 2.75) is 6.17 Å². The molecule has 4 aromatic rings. The van der Waals surface area contributed by atoms with Crippen molar-refractivity contribution in [1.29, 1.82) is 0 Å². The molecule has 29 heavy (non-hydrogen) atoms. The number of thiazole rings is 1. The lowest BCUT2D eigenvalue weighted by Gasteiger charge is -2.11. The topological polar surface area (TPSA) is 105 Å². The number of carbonyl (C=O) groups excluding carboxylic acids is 1. The van der Waals surface area contributed by atoms with E-state index in [4.69, 9.17) is 9.41 Å². The maximum Gasteiger partial charge on any atom is 0.317 e. The summed E-state index contributed by atoms with van der Waals surface area (Å²) in [4.78, 5) is 22.3. The Kier molecular flexibility index (Phi) is 4.34. The molecule has 0 saturated carbocycles. The van der Waals surface area contributed by atoms with Gasteiger partial charge < -0.3 is 15.1 Å². The fourth-order valence-electron chi connectivity index (χ4n) is 3.00. The summed E-state index contributed by atoms with van der Waals surface area (Å²) in [5.41, 5.74) is 4.81. The molecule has 1 atom stereocenters. The number of benzodiazepines with no additional fused rings is 1. The third kappa shape index (κ3) is 3.39. The summed E-state index contributed by atoms with van der Waals surface area (Å²) >= 11 is 1.39. The van der Waals surface area contributed by atoms with Gasteiger partial charge in [-0.15, -0.1) is 16.4 Å². The Labute approximate surface area is 169 Å². The molecule has 1 aliphatic rings. The fourth-order valence-corrected chi connectivity index (χ4v) is 3.54. The van der Waals surface area contributed by atoms with Gasteiger partial charge >= 0.3 is 6.01 Å². The van der Waals surface area contributed by atoms with Crippen LogP contribution >= 0.6 is 11.3 Å². The number of nitrogens with one attached hydrogen (secondary N) is 2. The van der Waals surface area contributed by atoms with Crippen molar-refractivity contribution in [3.63, 3.8) is 0 Å². The Balaban J connectivity index is 1.52. The van der Waals surface area contributed by atoms with E-state index >= 15 is 0 Å². The van der Waals surface area contributed by atoms with Crippen LogP contribution < -0.4 is 10.6 Å². The molecule has 1 amide bonds. The SMILES string of the molecule is O=C1Nc2ccccc2C(c2ccccc2)=NC1Nc1nnc(-c2cncs2)o1. The van der Waals surface area contributed by atoms with E-state index in [9.17, 15) is 4.79 Å². The highest BCUT2D eigenvalue weighted by atomic mass is 32.1. The van der Waals surface area contributed by atoms with Gasteiger partial charge in [0.05, 0.1) is 23.1 Å². The second-order valence-corrected chi connectivity index (χ2v) is 7.09. The van der Waals surface area contributed by atoms with Crippen molar-refractivity contribution in [3.05, 3.63) is 77.4 Å². The molecule has 0 radical (unpaired) electrons. The van der Waals surface area contributed by atoms with E-state index in [0.29, 0.717) is 17.3 Å². The Bertz CT molecular complexity index is 1190. The molecule has 1 unspecified atom stereocenters. The van der Waals surface area contributed by atoms with Crippen LogP contribution in [0.25, 0.3) is 10.8 Å². The minimum absolute atomic E-state index is 0.107. The highest BCUT2D eigenvalue weighted by Crippen LogP contribution is 2.26. The molecule has 2 N–H and O–H groups in total. The van der Waals surface area contributed by atoms with Gasteiger partial charge in [0.1, 0.15) is 4.88 Å². The van der Waals surface area contributed by atoms with E-state index in [-0.39, 0.29) is 11.9 Å². The number of hydrogen-bond acceptors (Lipinski definition) is 8. The summed E-state index contributed by atoms with van der Waals surface area (Å²) < 4.78 is 5.63. The number of hydrogen-bond donors (Lipinski definition) is 2. The average molecular weight is 402 g/mol. The van der Waals surface area contributed by atoms with Gasteiger partial charge in [0, 0.05) is 11.1 Å². The number of amides is 1. The third-order valence-electron chi connectivity index (χ3n) is 4.32. The quantitative estimate of drug-likeness (QED) is 0.542. The lowest BCUT2D eigenvalue weighted by atomic mass is 10.0. The van der Waals surface area contributed by atoms with E-state index in [1.165, 1.54) is 11.3 Å². The van der Waals surface area contributed by atoms with Crippen molar-refractivity contribution in [3.8, 4) is 10.8 Å². The van der Waals surface area contributed by atoms with Crippen molar-refractivity contribution in [2.75, 3.05) is 10.6 Å². The molecule has 2 aromatic carbocycles. The van der Waals surface area contributed by atoms with E-state index in [1.54, 1.807) is 11.7 Å². The van der Waals surface area contributed by atoms with Crippen molar-refractivity contribution >= 4 is 34.7 Å². The summed E-state index contributed by atoms with van der Waals surface area (Å²) in [5.74, 6) is 0.0144. The van der Waals surface area contributed by atoms with Gasteiger partial charge in [-0.1, -0.05) is 53.6 Å². The highest BCUT2D eigenvalue weighted by Gasteiger charge is 2.27. The van der Waals surface area contributed by atoms with Crippen molar-refractivity contribution in [2.24, 2.45) is 4.99 Å². The van der Waals surface area contributed by atoms with Crippen molar-refractivity contribution in [1.82, 2.24) is 15.2 Å². The van der Waals surface area contributed by atoms with Gasteiger partial charge in [0.2, 0.25) is 6.17 Å². The van der Waals surface area contributed by atoms with E-state index < -0.39 is 6.17 Å². The first-order valence-electron chi connectivity index (χ1n) is 8.80. The molecule has 5 rings (SSSR count). The van der Waals surface area contributed by atoms with Gasteiger partial charge in [0.25, 0.3) is 11.8 Å². The summed E-state index contributed by atoms with van der Waals surface area (Å²) in [5, 5.41) is 13.8. The molecule has 3 heterocycles.